The lowest BCUT2D eigenvalue weighted by Gasteiger charge is -2.41. The zero-order valence-corrected chi connectivity index (χ0v) is 12.4. The van der Waals surface area contributed by atoms with Crippen molar-refractivity contribution in [2.45, 2.75) is 76.1 Å². The standard InChI is InChI=1S/C18H28O2/c19-13-4-1-10-7-12-3-6-15-16(9-17-18(15)20-17)14(12)5-2-11(10)8-13/h10-19H,1-9H2. The third-order valence-electron chi connectivity index (χ3n) is 7.71. The molecule has 9 atom stereocenters. The summed E-state index contributed by atoms with van der Waals surface area (Å²) in [7, 11) is 0. The molecule has 9 unspecified atom stereocenters. The minimum Gasteiger partial charge on any atom is -0.393 e. The fourth-order valence-electron chi connectivity index (χ4n) is 6.75. The number of epoxide rings is 1. The van der Waals surface area contributed by atoms with Crippen LogP contribution in [-0.2, 0) is 4.74 Å². The largest absolute Gasteiger partial charge is 0.393 e. The topological polar surface area (TPSA) is 32.8 Å². The van der Waals surface area contributed by atoms with Crippen LogP contribution in [0.3, 0.4) is 0 Å². The Hall–Kier alpha value is -0.0800. The number of hydrogen-bond acceptors (Lipinski definition) is 2. The molecular weight excluding hydrogens is 248 g/mol. The highest BCUT2D eigenvalue weighted by molar-refractivity contribution is 5.07. The van der Waals surface area contributed by atoms with Gasteiger partial charge >= 0.3 is 0 Å². The Labute approximate surface area is 122 Å². The summed E-state index contributed by atoms with van der Waals surface area (Å²) in [6.45, 7) is 0. The second-order valence-corrected chi connectivity index (χ2v) is 8.50. The van der Waals surface area contributed by atoms with Crippen LogP contribution in [0, 0.1) is 35.5 Å². The molecular formula is C18H28O2. The zero-order chi connectivity index (χ0) is 13.3. The summed E-state index contributed by atoms with van der Waals surface area (Å²) in [5.74, 6) is 5.73. The predicted molar refractivity (Wildman–Crippen MR) is 77.2 cm³/mol. The molecule has 5 fully saturated rings. The molecule has 2 heteroatoms. The number of hydrogen-bond donors (Lipinski definition) is 1. The van der Waals surface area contributed by atoms with E-state index < -0.39 is 0 Å². The summed E-state index contributed by atoms with van der Waals surface area (Å²) in [5.41, 5.74) is 0. The zero-order valence-electron chi connectivity index (χ0n) is 12.4. The fraction of sp³-hybridized carbons (Fsp3) is 1.00. The molecule has 0 radical (unpaired) electrons. The number of rotatable bonds is 0. The molecule has 5 rings (SSSR count). The minimum atomic E-state index is 0.0108. The van der Waals surface area contributed by atoms with E-state index in [-0.39, 0.29) is 6.10 Å². The minimum absolute atomic E-state index is 0.0108. The van der Waals surface area contributed by atoms with Gasteiger partial charge in [0.25, 0.3) is 0 Å². The number of ether oxygens (including phenoxy) is 1. The molecule has 0 bridgehead atoms. The second kappa shape index (κ2) is 4.46. The summed E-state index contributed by atoms with van der Waals surface area (Å²) >= 11 is 0. The molecule has 1 saturated heterocycles. The van der Waals surface area contributed by atoms with Gasteiger partial charge in [0.1, 0.15) is 0 Å². The van der Waals surface area contributed by atoms with E-state index in [1.165, 1.54) is 44.9 Å². The molecule has 0 aromatic heterocycles. The van der Waals surface area contributed by atoms with Gasteiger partial charge < -0.3 is 9.84 Å². The van der Waals surface area contributed by atoms with Crippen molar-refractivity contribution in [3.63, 3.8) is 0 Å². The van der Waals surface area contributed by atoms with Gasteiger partial charge in [-0.1, -0.05) is 0 Å². The molecule has 4 aliphatic carbocycles. The van der Waals surface area contributed by atoms with Crippen molar-refractivity contribution in [2.75, 3.05) is 0 Å². The SMILES string of the molecule is OC1CCC2CC3CCC4C(CC5OC54)C3CCC2C1. The average molecular weight is 276 g/mol. The van der Waals surface area contributed by atoms with E-state index in [4.69, 9.17) is 4.74 Å². The van der Waals surface area contributed by atoms with Crippen molar-refractivity contribution in [3.05, 3.63) is 0 Å². The molecule has 1 aliphatic heterocycles. The normalized spacial score (nSPS) is 60.8. The second-order valence-electron chi connectivity index (χ2n) is 8.50. The highest BCUT2D eigenvalue weighted by Crippen LogP contribution is 2.59. The Balaban J connectivity index is 1.35. The Morgan fingerprint density at radius 2 is 1.40 bits per heavy atom. The molecule has 1 heterocycles. The first-order chi connectivity index (χ1) is 9.79. The molecule has 112 valence electrons. The lowest BCUT2D eigenvalue weighted by molar-refractivity contribution is 0.0435. The van der Waals surface area contributed by atoms with Crippen molar-refractivity contribution in [3.8, 4) is 0 Å². The fourth-order valence-corrected chi connectivity index (χ4v) is 6.75. The van der Waals surface area contributed by atoms with Crippen LogP contribution in [0.15, 0.2) is 0 Å². The molecule has 0 amide bonds. The van der Waals surface area contributed by atoms with Gasteiger partial charge in [-0.3, -0.25) is 0 Å². The van der Waals surface area contributed by atoms with E-state index in [1.807, 2.05) is 0 Å². The number of aliphatic hydroxyl groups excluding tert-OH is 1. The first-order valence-corrected chi connectivity index (χ1v) is 9.13. The molecule has 0 aromatic rings. The Bertz CT molecular complexity index is 395. The van der Waals surface area contributed by atoms with E-state index in [0.29, 0.717) is 12.2 Å². The Morgan fingerprint density at radius 1 is 0.650 bits per heavy atom. The van der Waals surface area contributed by atoms with Gasteiger partial charge in [-0.25, -0.2) is 0 Å². The van der Waals surface area contributed by atoms with Crippen LogP contribution in [0.4, 0.5) is 0 Å². The quantitative estimate of drug-likeness (QED) is 0.688. The maximum absolute atomic E-state index is 9.97. The van der Waals surface area contributed by atoms with Crippen molar-refractivity contribution >= 4 is 0 Å². The van der Waals surface area contributed by atoms with Crippen LogP contribution in [-0.4, -0.2) is 23.4 Å². The van der Waals surface area contributed by atoms with E-state index >= 15 is 0 Å². The van der Waals surface area contributed by atoms with Crippen molar-refractivity contribution in [2.24, 2.45) is 35.5 Å². The summed E-state index contributed by atoms with van der Waals surface area (Å²) in [5, 5.41) is 9.97. The highest BCUT2D eigenvalue weighted by atomic mass is 16.6. The monoisotopic (exact) mass is 276 g/mol. The maximum atomic E-state index is 9.97. The van der Waals surface area contributed by atoms with Crippen molar-refractivity contribution in [1.82, 2.24) is 0 Å². The van der Waals surface area contributed by atoms with Crippen LogP contribution in [0.1, 0.15) is 57.8 Å². The molecule has 1 N–H and O–H groups in total. The van der Waals surface area contributed by atoms with Crippen molar-refractivity contribution < 1.29 is 9.84 Å². The van der Waals surface area contributed by atoms with Gasteiger partial charge in [0.05, 0.1) is 18.3 Å². The summed E-state index contributed by atoms with van der Waals surface area (Å²) in [6, 6.07) is 0. The van der Waals surface area contributed by atoms with Crippen LogP contribution in [0.2, 0.25) is 0 Å². The summed E-state index contributed by atoms with van der Waals surface area (Å²) < 4.78 is 5.81. The number of aliphatic hydroxyl groups is 1. The molecule has 20 heavy (non-hydrogen) atoms. The Morgan fingerprint density at radius 3 is 2.35 bits per heavy atom. The van der Waals surface area contributed by atoms with Crippen LogP contribution >= 0.6 is 0 Å². The van der Waals surface area contributed by atoms with Crippen LogP contribution in [0.25, 0.3) is 0 Å². The lowest BCUT2D eigenvalue weighted by atomic mass is 9.65. The highest BCUT2D eigenvalue weighted by Gasteiger charge is 2.59. The van der Waals surface area contributed by atoms with Crippen LogP contribution in [0.5, 0.6) is 0 Å². The van der Waals surface area contributed by atoms with E-state index in [2.05, 4.69) is 0 Å². The number of fused-ring (bicyclic) bond motifs is 6. The van der Waals surface area contributed by atoms with Crippen molar-refractivity contribution in [1.29, 1.82) is 0 Å². The Kier molecular flexibility index (Phi) is 2.78. The van der Waals surface area contributed by atoms with Gasteiger partial charge in [-0.05, 0) is 93.3 Å². The third kappa shape index (κ3) is 1.83. The van der Waals surface area contributed by atoms with E-state index in [0.717, 1.165) is 48.3 Å². The van der Waals surface area contributed by atoms with Crippen LogP contribution < -0.4 is 0 Å². The first kappa shape index (κ1) is 12.5. The maximum Gasteiger partial charge on any atom is 0.0872 e. The van der Waals surface area contributed by atoms with Gasteiger partial charge in [0.2, 0.25) is 0 Å². The summed E-state index contributed by atoms with van der Waals surface area (Å²) in [4.78, 5) is 0. The summed E-state index contributed by atoms with van der Waals surface area (Å²) in [6.07, 6.45) is 13.5. The molecule has 0 aromatic carbocycles. The van der Waals surface area contributed by atoms with Gasteiger partial charge in [0.15, 0.2) is 0 Å². The van der Waals surface area contributed by atoms with Gasteiger partial charge in [-0.2, -0.15) is 0 Å². The smallest absolute Gasteiger partial charge is 0.0872 e. The molecule has 4 saturated carbocycles. The molecule has 2 nitrogen and oxygen atoms in total. The molecule has 0 spiro atoms. The predicted octanol–water partition coefficient (Wildman–Crippen LogP) is 3.38. The third-order valence-corrected chi connectivity index (χ3v) is 7.71. The van der Waals surface area contributed by atoms with Gasteiger partial charge in [-0.15, -0.1) is 0 Å². The van der Waals surface area contributed by atoms with E-state index in [9.17, 15) is 5.11 Å². The lowest BCUT2D eigenvalue weighted by Crippen LogP contribution is -2.34. The van der Waals surface area contributed by atoms with E-state index in [1.54, 1.807) is 0 Å². The first-order valence-electron chi connectivity index (χ1n) is 9.13. The molecule has 5 aliphatic rings. The van der Waals surface area contributed by atoms with Gasteiger partial charge in [0, 0.05) is 0 Å². The average Bonchev–Trinajstić information content (AvgIpc) is 3.16.